The molecule has 0 radical (unpaired) electrons. The van der Waals surface area contributed by atoms with Crippen LogP contribution in [0.3, 0.4) is 0 Å². The number of nitrogens with one attached hydrogen (secondary N) is 1. The van der Waals surface area contributed by atoms with Crippen molar-refractivity contribution < 1.29 is 9.18 Å². The zero-order valence-electron chi connectivity index (χ0n) is 12.6. The molecule has 1 N–H and O–H groups in total. The van der Waals surface area contributed by atoms with Crippen LogP contribution in [0.5, 0.6) is 0 Å². The molecule has 0 saturated carbocycles. The zero-order valence-corrected chi connectivity index (χ0v) is 12.6. The van der Waals surface area contributed by atoms with Gasteiger partial charge in [0.15, 0.2) is 0 Å². The molecule has 0 atom stereocenters. The molecule has 0 heterocycles. The molecule has 2 rings (SSSR count). The van der Waals surface area contributed by atoms with Gasteiger partial charge in [-0.15, -0.1) is 0 Å². The minimum absolute atomic E-state index is 0.0402. The largest absolute Gasteiger partial charge is 0.325 e. The van der Waals surface area contributed by atoms with Crippen LogP contribution in [0.15, 0.2) is 42.5 Å². The summed E-state index contributed by atoms with van der Waals surface area (Å²) in [7, 11) is 0. The van der Waals surface area contributed by atoms with E-state index in [1.54, 1.807) is 18.2 Å². The van der Waals surface area contributed by atoms with Crippen LogP contribution >= 0.6 is 0 Å². The number of anilines is 1. The number of carbonyl (C=O) groups excluding carboxylic acids is 1. The second-order valence-corrected chi connectivity index (χ2v) is 5.51. The summed E-state index contributed by atoms with van der Waals surface area (Å²) in [5, 5.41) is 2.93. The Morgan fingerprint density at radius 2 is 1.86 bits per heavy atom. The number of rotatable bonds is 4. The molecule has 0 saturated heterocycles. The molecule has 0 aliphatic heterocycles. The fourth-order valence-electron chi connectivity index (χ4n) is 2.34. The van der Waals surface area contributed by atoms with Crippen LogP contribution in [0, 0.1) is 12.7 Å². The molecule has 0 aliphatic carbocycles. The van der Waals surface area contributed by atoms with E-state index in [0.717, 1.165) is 16.8 Å². The highest BCUT2D eigenvalue weighted by atomic mass is 19.1. The van der Waals surface area contributed by atoms with E-state index in [0.29, 0.717) is 11.5 Å². The predicted molar refractivity (Wildman–Crippen MR) is 84.0 cm³/mol. The molecule has 3 heteroatoms. The first-order valence-corrected chi connectivity index (χ1v) is 7.11. The summed E-state index contributed by atoms with van der Waals surface area (Å²) in [6.45, 7) is 6.13. The minimum atomic E-state index is -0.346. The van der Waals surface area contributed by atoms with Crippen molar-refractivity contribution in [1.29, 1.82) is 0 Å². The highest BCUT2D eigenvalue weighted by Crippen LogP contribution is 2.27. The van der Waals surface area contributed by atoms with Gasteiger partial charge in [0.05, 0.1) is 6.42 Å². The predicted octanol–water partition coefficient (Wildman–Crippen LogP) is 4.44. The SMILES string of the molecule is Cc1cccc(C(C)C)c1NC(=O)Cc1ccccc1F. The second-order valence-electron chi connectivity index (χ2n) is 5.51. The summed E-state index contributed by atoms with van der Waals surface area (Å²) in [6, 6.07) is 12.3. The Kier molecular flexibility index (Phi) is 4.73. The summed E-state index contributed by atoms with van der Waals surface area (Å²) in [5.74, 6) is -0.230. The molecule has 2 aromatic carbocycles. The molecule has 0 fully saturated rings. The van der Waals surface area contributed by atoms with Gasteiger partial charge in [0.2, 0.25) is 5.91 Å². The third kappa shape index (κ3) is 3.69. The van der Waals surface area contributed by atoms with Gasteiger partial charge in [0.1, 0.15) is 5.82 Å². The van der Waals surface area contributed by atoms with Gasteiger partial charge >= 0.3 is 0 Å². The average Bonchev–Trinajstić information content (AvgIpc) is 2.43. The molecule has 110 valence electrons. The quantitative estimate of drug-likeness (QED) is 0.884. The number of hydrogen-bond donors (Lipinski definition) is 1. The Balaban J connectivity index is 2.19. The van der Waals surface area contributed by atoms with Crippen molar-refractivity contribution in [2.45, 2.75) is 33.1 Å². The zero-order chi connectivity index (χ0) is 15.4. The van der Waals surface area contributed by atoms with E-state index < -0.39 is 0 Å². The van der Waals surface area contributed by atoms with Gasteiger partial charge in [-0.3, -0.25) is 4.79 Å². The fourth-order valence-corrected chi connectivity index (χ4v) is 2.34. The third-order valence-electron chi connectivity index (χ3n) is 3.50. The smallest absolute Gasteiger partial charge is 0.228 e. The minimum Gasteiger partial charge on any atom is -0.325 e. The Hall–Kier alpha value is -2.16. The summed E-state index contributed by atoms with van der Waals surface area (Å²) >= 11 is 0. The molecule has 0 spiro atoms. The van der Waals surface area contributed by atoms with Gasteiger partial charge in [0, 0.05) is 5.69 Å². The highest BCUT2D eigenvalue weighted by Gasteiger charge is 2.13. The molecule has 0 unspecified atom stereocenters. The Morgan fingerprint density at radius 1 is 1.14 bits per heavy atom. The van der Waals surface area contributed by atoms with Gasteiger partial charge in [-0.05, 0) is 35.6 Å². The molecule has 0 aliphatic rings. The lowest BCUT2D eigenvalue weighted by molar-refractivity contribution is -0.115. The summed E-state index contributed by atoms with van der Waals surface area (Å²) in [6.07, 6.45) is 0.0402. The average molecular weight is 285 g/mol. The van der Waals surface area contributed by atoms with E-state index in [4.69, 9.17) is 0 Å². The van der Waals surface area contributed by atoms with Crippen molar-refractivity contribution in [3.63, 3.8) is 0 Å². The van der Waals surface area contributed by atoms with Crippen molar-refractivity contribution in [3.8, 4) is 0 Å². The van der Waals surface area contributed by atoms with E-state index in [-0.39, 0.29) is 18.1 Å². The van der Waals surface area contributed by atoms with Crippen molar-refractivity contribution >= 4 is 11.6 Å². The lowest BCUT2D eigenvalue weighted by Crippen LogP contribution is -2.17. The van der Waals surface area contributed by atoms with Crippen LogP contribution in [0.2, 0.25) is 0 Å². The first-order chi connectivity index (χ1) is 9.99. The van der Waals surface area contributed by atoms with E-state index in [9.17, 15) is 9.18 Å². The van der Waals surface area contributed by atoms with Gasteiger partial charge < -0.3 is 5.32 Å². The Morgan fingerprint density at radius 3 is 2.52 bits per heavy atom. The standard InChI is InChI=1S/C18H20FNO/c1-12(2)15-9-6-7-13(3)18(15)20-17(21)11-14-8-4-5-10-16(14)19/h4-10,12H,11H2,1-3H3,(H,20,21). The molecule has 21 heavy (non-hydrogen) atoms. The number of hydrogen-bond acceptors (Lipinski definition) is 1. The maximum absolute atomic E-state index is 13.6. The van der Waals surface area contributed by atoms with Gasteiger partial charge in [-0.1, -0.05) is 50.2 Å². The molecule has 0 aromatic heterocycles. The number of aryl methyl sites for hydroxylation is 1. The van der Waals surface area contributed by atoms with Crippen molar-refractivity contribution in [3.05, 3.63) is 65.0 Å². The fraction of sp³-hybridized carbons (Fsp3) is 0.278. The third-order valence-corrected chi connectivity index (χ3v) is 3.50. The number of carbonyl (C=O) groups is 1. The lowest BCUT2D eigenvalue weighted by Gasteiger charge is -2.16. The van der Waals surface area contributed by atoms with Gasteiger partial charge in [-0.2, -0.15) is 0 Å². The summed E-state index contributed by atoms with van der Waals surface area (Å²) < 4.78 is 13.6. The first kappa shape index (κ1) is 15.2. The molecular weight excluding hydrogens is 265 g/mol. The van der Waals surface area contributed by atoms with Crippen LogP contribution in [0.25, 0.3) is 0 Å². The summed E-state index contributed by atoms with van der Waals surface area (Å²) in [4.78, 5) is 12.2. The Bertz CT molecular complexity index is 649. The maximum Gasteiger partial charge on any atom is 0.228 e. The highest BCUT2D eigenvalue weighted by molar-refractivity contribution is 5.93. The van der Waals surface area contributed by atoms with E-state index in [1.165, 1.54) is 6.07 Å². The number of halogens is 1. The number of para-hydroxylation sites is 1. The maximum atomic E-state index is 13.6. The molecular formula is C18H20FNO. The van der Waals surface area contributed by atoms with Crippen molar-refractivity contribution in [1.82, 2.24) is 0 Å². The lowest BCUT2D eigenvalue weighted by atomic mass is 9.98. The van der Waals surface area contributed by atoms with Crippen molar-refractivity contribution in [2.24, 2.45) is 0 Å². The first-order valence-electron chi connectivity index (χ1n) is 7.11. The van der Waals surface area contributed by atoms with Crippen LogP contribution in [0.1, 0.15) is 36.5 Å². The van der Waals surface area contributed by atoms with Crippen LogP contribution < -0.4 is 5.32 Å². The topological polar surface area (TPSA) is 29.1 Å². The van der Waals surface area contributed by atoms with E-state index in [2.05, 4.69) is 19.2 Å². The summed E-state index contributed by atoms with van der Waals surface area (Å²) in [5.41, 5.74) is 3.36. The van der Waals surface area contributed by atoms with Crippen molar-refractivity contribution in [2.75, 3.05) is 5.32 Å². The molecule has 2 nitrogen and oxygen atoms in total. The number of benzene rings is 2. The van der Waals surface area contributed by atoms with Crippen LogP contribution in [0.4, 0.5) is 10.1 Å². The normalized spacial score (nSPS) is 10.7. The number of amides is 1. The molecule has 1 amide bonds. The van der Waals surface area contributed by atoms with Gasteiger partial charge in [-0.25, -0.2) is 4.39 Å². The second kappa shape index (κ2) is 6.53. The van der Waals surface area contributed by atoms with Crippen LogP contribution in [-0.4, -0.2) is 5.91 Å². The monoisotopic (exact) mass is 285 g/mol. The van der Waals surface area contributed by atoms with Gasteiger partial charge in [0.25, 0.3) is 0 Å². The van der Waals surface area contributed by atoms with E-state index in [1.807, 2.05) is 25.1 Å². The molecule has 2 aromatic rings. The Labute approximate surface area is 125 Å². The molecule has 0 bridgehead atoms. The van der Waals surface area contributed by atoms with E-state index >= 15 is 0 Å². The van der Waals surface area contributed by atoms with Crippen LogP contribution in [-0.2, 0) is 11.2 Å².